The lowest BCUT2D eigenvalue weighted by Gasteiger charge is -1.98. The van der Waals surface area contributed by atoms with Gasteiger partial charge < -0.3 is 9.84 Å². The zero-order valence-corrected chi connectivity index (χ0v) is 9.26. The average Bonchev–Trinajstić information content (AvgIpc) is 2.75. The Balaban J connectivity index is 2.14. The third kappa shape index (κ3) is 1.85. The number of nitrogens with one attached hydrogen (secondary N) is 1. The Kier molecular flexibility index (Phi) is 2.64. The minimum absolute atomic E-state index is 0.202. The molecule has 0 spiro atoms. The van der Waals surface area contributed by atoms with Crippen LogP contribution < -0.4 is 5.32 Å². The zero-order chi connectivity index (χ0) is 9.97. The molecular weight excluding hydrogens is 268 g/mol. The summed E-state index contributed by atoms with van der Waals surface area (Å²) in [4.78, 5) is 11.6. The first-order chi connectivity index (χ1) is 6.77. The van der Waals surface area contributed by atoms with Gasteiger partial charge >= 0.3 is 0 Å². The fourth-order valence-electron chi connectivity index (χ4n) is 0.904. The number of halogens is 1. The number of thiophene rings is 1. The third-order valence-corrected chi connectivity index (χ3v) is 3.24. The van der Waals surface area contributed by atoms with Gasteiger partial charge in [-0.25, -0.2) is 0 Å². The van der Waals surface area contributed by atoms with Gasteiger partial charge in [0.1, 0.15) is 6.26 Å². The van der Waals surface area contributed by atoms with Crippen LogP contribution in [0.2, 0.25) is 0 Å². The summed E-state index contributed by atoms with van der Waals surface area (Å²) in [6, 6.07) is 1.58. The molecule has 0 aliphatic carbocycles. The molecule has 0 saturated carbocycles. The summed E-state index contributed by atoms with van der Waals surface area (Å²) in [5.74, 6) is 0.208. The van der Waals surface area contributed by atoms with Crippen LogP contribution in [0.25, 0.3) is 0 Å². The van der Waals surface area contributed by atoms with Crippen LogP contribution in [0.4, 0.5) is 5.82 Å². The van der Waals surface area contributed by atoms with E-state index in [2.05, 4.69) is 30.9 Å². The molecule has 2 aromatic rings. The van der Waals surface area contributed by atoms with Crippen molar-refractivity contribution < 1.29 is 9.32 Å². The molecular formula is C8H5BrN2O2S. The minimum Gasteiger partial charge on any atom is -0.363 e. The zero-order valence-electron chi connectivity index (χ0n) is 6.86. The molecule has 14 heavy (non-hydrogen) atoms. The molecule has 0 fully saturated rings. The number of aromatic nitrogens is 1. The molecule has 0 unspecified atom stereocenters. The van der Waals surface area contributed by atoms with Crippen LogP contribution in [-0.4, -0.2) is 11.1 Å². The molecule has 72 valence electrons. The highest BCUT2D eigenvalue weighted by atomic mass is 79.9. The van der Waals surface area contributed by atoms with Crippen LogP contribution in [-0.2, 0) is 0 Å². The average molecular weight is 273 g/mol. The van der Waals surface area contributed by atoms with Gasteiger partial charge in [0.15, 0.2) is 5.82 Å². The first-order valence-electron chi connectivity index (χ1n) is 3.71. The Morgan fingerprint density at radius 3 is 3.00 bits per heavy atom. The quantitative estimate of drug-likeness (QED) is 0.915. The molecule has 2 rings (SSSR count). The van der Waals surface area contributed by atoms with Crippen molar-refractivity contribution in [1.82, 2.24) is 5.16 Å². The molecule has 1 amide bonds. The van der Waals surface area contributed by atoms with Gasteiger partial charge in [0, 0.05) is 21.3 Å². The van der Waals surface area contributed by atoms with E-state index in [4.69, 9.17) is 0 Å². The van der Waals surface area contributed by atoms with Gasteiger partial charge in [-0.3, -0.25) is 4.79 Å². The maximum Gasteiger partial charge on any atom is 0.258 e. The Hall–Kier alpha value is -1.14. The predicted octanol–water partition coefficient (Wildman–Crippen LogP) is 2.75. The lowest BCUT2D eigenvalue weighted by Crippen LogP contribution is -2.11. The van der Waals surface area contributed by atoms with Crippen LogP contribution in [0.5, 0.6) is 0 Å². The van der Waals surface area contributed by atoms with Crippen molar-refractivity contribution in [3.8, 4) is 0 Å². The van der Waals surface area contributed by atoms with Crippen molar-refractivity contribution in [2.75, 3.05) is 5.32 Å². The Morgan fingerprint density at radius 2 is 2.43 bits per heavy atom. The molecule has 2 aromatic heterocycles. The Labute approximate surface area is 92.0 Å². The van der Waals surface area contributed by atoms with Crippen molar-refractivity contribution in [3.05, 3.63) is 33.1 Å². The van der Waals surface area contributed by atoms with Gasteiger partial charge in [-0.05, 0) is 15.9 Å². The second kappa shape index (κ2) is 3.93. The van der Waals surface area contributed by atoms with Crippen molar-refractivity contribution in [1.29, 1.82) is 0 Å². The molecule has 1 N–H and O–H groups in total. The van der Waals surface area contributed by atoms with Crippen LogP contribution >= 0.6 is 27.3 Å². The minimum atomic E-state index is -0.202. The Morgan fingerprint density at radius 1 is 1.57 bits per heavy atom. The van der Waals surface area contributed by atoms with Crippen LogP contribution in [0.3, 0.4) is 0 Å². The van der Waals surface area contributed by atoms with Gasteiger partial charge in [0.25, 0.3) is 5.91 Å². The molecule has 0 atom stereocenters. The molecule has 6 heteroatoms. The van der Waals surface area contributed by atoms with Crippen molar-refractivity contribution in [2.45, 2.75) is 0 Å². The van der Waals surface area contributed by atoms with Gasteiger partial charge in [0.2, 0.25) is 0 Å². The molecule has 4 nitrogen and oxygen atoms in total. The second-order valence-electron chi connectivity index (χ2n) is 2.47. The number of hydrogen-bond acceptors (Lipinski definition) is 4. The largest absolute Gasteiger partial charge is 0.363 e. The first kappa shape index (κ1) is 9.42. The predicted molar refractivity (Wildman–Crippen MR) is 56.5 cm³/mol. The fourth-order valence-corrected chi connectivity index (χ4v) is 2.36. The first-order valence-corrected chi connectivity index (χ1v) is 5.44. The lowest BCUT2D eigenvalue weighted by molar-refractivity contribution is 0.102. The van der Waals surface area contributed by atoms with Gasteiger partial charge in [-0.15, -0.1) is 0 Å². The van der Waals surface area contributed by atoms with Gasteiger partial charge in [0.05, 0.1) is 5.56 Å². The molecule has 0 aliphatic rings. The second-order valence-corrected chi connectivity index (χ2v) is 4.07. The summed E-state index contributed by atoms with van der Waals surface area (Å²) in [5, 5.41) is 9.78. The smallest absolute Gasteiger partial charge is 0.258 e. The van der Waals surface area contributed by atoms with E-state index in [0.29, 0.717) is 11.4 Å². The highest BCUT2D eigenvalue weighted by Crippen LogP contribution is 2.22. The maximum atomic E-state index is 11.6. The standard InChI is InChI=1S/C8H5BrN2O2S/c9-6-4-14-3-5(6)8(12)10-7-1-2-13-11-7/h1-4H,(H,10,11,12). The van der Waals surface area contributed by atoms with E-state index in [1.165, 1.54) is 17.6 Å². The normalized spacial score (nSPS) is 10.1. The lowest BCUT2D eigenvalue weighted by atomic mass is 10.3. The molecule has 0 saturated heterocycles. The third-order valence-electron chi connectivity index (χ3n) is 1.54. The number of anilines is 1. The van der Waals surface area contributed by atoms with Gasteiger partial charge in [-0.2, -0.15) is 11.3 Å². The van der Waals surface area contributed by atoms with Gasteiger partial charge in [-0.1, -0.05) is 5.16 Å². The number of hydrogen-bond donors (Lipinski definition) is 1. The van der Waals surface area contributed by atoms with E-state index >= 15 is 0 Å². The van der Waals surface area contributed by atoms with Crippen molar-refractivity contribution >= 4 is 39.0 Å². The van der Waals surface area contributed by atoms with Crippen LogP contribution in [0.15, 0.2) is 32.1 Å². The summed E-state index contributed by atoms with van der Waals surface area (Å²) < 4.78 is 5.37. The van der Waals surface area contributed by atoms with Crippen molar-refractivity contribution in [3.63, 3.8) is 0 Å². The Bertz CT molecular complexity index is 438. The SMILES string of the molecule is O=C(Nc1ccon1)c1cscc1Br. The van der Waals surface area contributed by atoms with Crippen LogP contribution in [0, 0.1) is 0 Å². The number of nitrogens with zero attached hydrogens (tertiary/aromatic N) is 1. The molecule has 2 heterocycles. The van der Waals surface area contributed by atoms with E-state index in [-0.39, 0.29) is 5.91 Å². The van der Waals surface area contributed by atoms with E-state index in [1.54, 1.807) is 11.4 Å². The summed E-state index contributed by atoms with van der Waals surface area (Å²) >= 11 is 4.73. The maximum absolute atomic E-state index is 11.6. The van der Waals surface area contributed by atoms with Crippen molar-refractivity contribution in [2.24, 2.45) is 0 Å². The van der Waals surface area contributed by atoms with E-state index in [9.17, 15) is 4.79 Å². The number of rotatable bonds is 2. The van der Waals surface area contributed by atoms with E-state index in [1.807, 2.05) is 5.38 Å². The highest BCUT2D eigenvalue weighted by molar-refractivity contribution is 9.10. The monoisotopic (exact) mass is 272 g/mol. The molecule has 0 radical (unpaired) electrons. The summed E-state index contributed by atoms with van der Waals surface area (Å²) in [6.07, 6.45) is 1.40. The summed E-state index contributed by atoms with van der Waals surface area (Å²) in [6.45, 7) is 0. The topological polar surface area (TPSA) is 55.1 Å². The highest BCUT2D eigenvalue weighted by Gasteiger charge is 2.11. The number of carbonyl (C=O) groups excluding carboxylic acids is 1. The number of amides is 1. The summed E-state index contributed by atoms with van der Waals surface area (Å²) in [7, 11) is 0. The van der Waals surface area contributed by atoms with Crippen LogP contribution in [0.1, 0.15) is 10.4 Å². The fraction of sp³-hybridized carbons (Fsp3) is 0. The molecule has 0 bridgehead atoms. The van der Waals surface area contributed by atoms with E-state index in [0.717, 1.165) is 4.47 Å². The van der Waals surface area contributed by atoms with E-state index < -0.39 is 0 Å². The number of carbonyl (C=O) groups is 1. The summed E-state index contributed by atoms with van der Waals surface area (Å²) in [5.41, 5.74) is 0.595. The molecule has 0 aliphatic heterocycles. The molecule has 0 aromatic carbocycles.